The first-order valence-electron chi connectivity index (χ1n) is 11.1. The molecule has 0 saturated heterocycles. The summed E-state index contributed by atoms with van der Waals surface area (Å²) in [6.45, 7) is 8.37. The Hall–Kier alpha value is -5.23. The Bertz CT molecular complexity index is 1360. The third-order valence-corrected chi connectivity index (χ3v) is 4.48. The number of ether oxygens (including phenoxy) is 2. The van der Waals surface area contributed by atoms with Crippen LogP contribution in [0.4, 0.5) is 0 Å². The van der Waals surface area contributed by atoms with Gasteiger partial charge in [0.25, 0.3) is 0 Å². The molecule has 5 heteroatoms. The average molecular weight is 470 g/mol. The van der Waals surface area contributed by atoms with Crippen molar-refractivity contribution in [3.05, 3.63) is 102 Å². The summed E-state index contributed by atoms with van der Waals surface area (Å²) in [7, 11) is 0. The van der Waals surface area contributed by atoms with E-state index in [2.05, 4.69) is 63.6 Å². The van der Waals surface area contributed by atoms with Gasteiger partial charge in [0.05, 0.1) is 13.2 Å². The number of nitrogens with zero attached hydrogens (tertiary/aromatic N) is 3. The van der Waals surface area contributed by atoms with Crippen LogP contribution >= 0.6 is 0 Å². The first-order valence-corrected chi connectivity index (χ1v) is 11.1. The second kappa shape index (κ2) is 13.5. The van der Waals surface area contributed by atoms with Crippen molar-refractivity contribution >= 4 is 0 Å². The van der Waals surface area contributed by atoms with Crippen molar-refractivity contribution in [1.82, 2.24) is 15.0 Å². The molecule has 0 aliphatic rings. The van der Waals surface area contributed by atoms with Gasteiger partial charge in [-0.2, -0.15) is 0 Å². The van der Waals surface area contributed by atoms with Crippen molar-refractivity contribution < 1.29 is 9.47 Å². The van der Waals surface area contributed by atoms with Crippen molar-refractivity contribution in [2.24, 2.45) is 0 Å². The molecule has 0 spiro atoms. The summed E-state index contributed by atoms with van der Waals surface area (Å²) in [5, 5.41) is 0. The van der Waals surface area contributed by atoms with Crippen LogP contribution in [0.25, 0.3) is 0 Å². The summed E-state index contributed by atoms with van der Waals surface area (Å²) in [5.74, 6) is 18.4. The highest BCUT2D eigenvalue weighted by molar-refractivity contribution is 5.48. The van der Waals surface area contributed by atoms with Gasteiger partial charge in [0.2, 0.25) is 0 Å². The molecule has 0 N–H and O–H groups in total. The van der Waals surface area contributed by atoms with Gasteiger partial charge in [-0.05, 0) is 30.7 Å². The van der Waals surface area contributed by atoms with Crippen LogP contribution < -0.4 is 9.47 Å². The van der Waals surface area contributed by atoms with E-state index in [0.717, 1.165) is 12.8 Å². The molecular formula is C31H23N3O2. The van der Waals surface area contributed by atoms with Gasteiger partial charge in [-0.25, -0.2) is 9.97 Å². The van der Waals surface area contributed by atoms with E-state index in [1.165, 1.54) is 0 Å². The molecule has 36 heavy (non-hydrogen) atoms. The van der Waals surface area contributed by atoms with E-state index < -0.39 is 0 Å². The lowest BCUT2D eigenvalue weighted by Crippen LogP contribution is -1.98. The topological polar surface area (TPSA) is 57.1 Å². The number of terminal acetylenes is 2. The fraction of sp³-hybridized carbons (Fsp3) is 0.129. The minimum Gasteiger partial charge on any atom is -0.493 e. The fourth-order valence-electron chi connectivity index (χ4n) is 2.82. The number of aromatic nitrogens is 3. The summed E-state index contributed by atoms with van der Waals surface area (Å²) < 4.78 is 11.4. The fourth-order valence-corrected chi connectivity index (χ4v) is 2.82. The summed E-state index contributed by atoms with van der Waals surface area (Å²) in [6, 6.07) is 8.71. The first kappa shape index (κ1) is 25.4. The predicted octanol–water partition coefficient (Wildman–Crippen LogP) is 4.54. The molecule has 0 atom stereocenters. The number of pyridine rings is 3. The maximum atomic E-state index is 5.69. The van der Waals surface area contributed by atoms with Crippen molar-refractivity contribution in [1.29, 1.82) is 0 Å². The third kappa shape index (κ3) is 7.97. The van der Waals surface area contributed by atoms with Gasteiger partial charge >= 0.3 is 0 Å². The van der Waals surface area contributed by atoms with E-state index in [1.807, 2.05) is 6.07 Å². The van der Waals surface area contributed by atoms with Gasteiger partial charge in [-0.15, -0.1) is 26.0 Å². The summed E-state index contributed by atoms with van der Waals surface area (Å²) in [6.07, 6.45) is 19.4. The second-order valence-electron chi connectivity index (χ2n) is 7.25. The standard InChI is InChI=1S/C31H23N3O2/c1-5-9-15-35-30-18-26(7-3)33-28(20-30)13-11-24-17-25(23-32-22-24)12-14-29-21-31(36-16-10-6-2)19-27(8-4)34-29/h3-6,17-23H,1-2,9-10,15-16H2. The minimum absolute atomic E-state index is 0.447. The molecule has 0 unspecified atom stereocenters. The van der Waals surface area contributed by atoms with Gasteiger partial charge < -0.3 is 9.47 Å². The SMILES string of the molecule is C#Cc1cc(OCCC=C)cc(C#Cc2cncc(C#Cc3cc(OCCC=C)cc(C#C)n3)c2)n1. The molecule has 3 aromatic heterocycles. The summed E-state index contributed by atoms with van der Waals surface area (Å²) >= 11 is 0. The molecular weight excluding hydrogens is 446 g/mol. The zero-order valence-corrected chi connectivity index (χ0v) is 19.8. The molecule has 0 aliphatic carbocycles. The molecule has 3 aromatic rings. The minimum atomic E-state index is 0.447. The maximum Gasteiger partial charge on any atom is 0.124 e. The van der Waals surface area contributed by atoms with Crippen LogP contribution in [0.5, 0.6) is 11.5 Å². The van der Waals surface area contributed by atoms with Crippen LogP contribution in [0.2, 0.25) is 0 Å². The smallest absolute Gasteiger partial charge is 0.124 e. The van der Waals surface area contributed by atoms with Gasteiger partial charge in [0.1, 0.15) is 34.3 Å². The van der Waals surface area contributed by atoms with E-state index in [0.29, 0.717) is 58.6 Å². The zero-order chi connectivity index (χ0) is 25.6. The highest BCUT2D eigenvalue weighted by atomic mass is 16.5. The lowest BCUT2D eigenvalue weighted by molar-refractivity contribution is 0.324. The average Bonchev–Trinajstić information content (AvgIpc) is 2.91. The van der Waals surface area contributed by atoms with Gasteiger partial charge in [-0.3, -0.25) is 4.98 Å². The molecule has 0 saturated carbocycles. The molecule has 3 rings (SSSR count). The largest absolute Gasteiger partial charge is 0.493 e. The van der Waals surface area contributed by atoms with Gasteiger partial charge in [0, 0.05) is 47.8 Å². The Balaban J connectivity index is 1.81. The quantitative estimate of drug-likeness (QED) is 0.275. The maximum absolute atomic E-state index is 5.69. The second-order valence-corrected chi connectivity index (χ2v) is 7.25. The van der Waals surface area contributed by atoms with E-state index in [9.17, 15) is 0 Å². The molecule has 0 aromatic carbocycles. The van der Waals surface area contributed by atoms with Crippen molar-refractivity contribution in [3.63, 3.8) is 0 Å². The first-order chi connectivity index (χ1) is 17.6. The van der Waals surface area contributed by atoms with Crippen molar-refractivity contribution in [2.45, 2.75) is 12.8 Å². The number of hydrogen-bond donors (Lipinski definition) is 0. The lowest BCUT2D eigenvalue weighted by atomic mass is 10.2. The van der Waals surface area contributed by atoms with Crippen LogP contribution in [0.3, 0.4) is 0 Å². The normalized spacial score (nSPS) is 9.28. The Labute approximate surface area is 212 Å². The highest BCUT2D eigenvalue weighted by Gasteiger charge is 2.02. The van der Waals surface area contributed by atoms with E-state index >= 15 is 0 Å². The van der Waals surface area contributed by atoms with Crippen LogP contribution in [0.15, 0.2) is 68.0 Å². The molecule has 0 aliphatic heterocycles. The monoisotopic (exact) mass is 469 g/mol. The molecule has 0 fully saturated rings. The Morgan fingerprint density at radius 1 is 0.667 bits per heavy atom. The Morgan fingerprint density at radius 2 is 1.11 bits per heavy atom. The highest BCUT2D eigenvalue weighted by Crippen LogP contribution is 2.15. The van der Waals surface area contributed by atoms with Crippen LogP contribution in [-0.2, 0) is 0 Å². The lowest BCUT2D eigenvalue weighted by Gasteiger charge is -2.05. The molecule has 0 bridgehead atoms. The molecule has 5 nitrogen and oxygen atoms in total. The Kier molecular flexibility index (Phi) is 9.50. The summed E-state index contributed by atoms with van der Waals surface area (Å²) in [5.41, 5.74) is 3.22. The Morgan fingerprint density at radius 3 is 1.53 bits per heavy atom. The predicted molar refractivity (Wildman–Crippen MR) is 141 cm³/mol. The van der Waals surface area contributed by atoms with Crippen molar-refractivity contribution in [2.75, 3.05) is 13.2 Å². The van der Waals surface area contributed by atoms with Crippen LogP contribution in [-0.4, -0.2) is 28.2 Å². The van der Waals surface area contributed by atoms with E-state index in [4.69, 9.17) is 22.3 Å². The molecule has 3 heterocycles. The van der Waals surface area contributed by atoms with Crippen molar-refractivity contribution in [3.8, 4) is 59.9 Å². The van der Waals surface area contributed by atoms with E-state index in [-0.39, 0.29) is 0 Å². The third-order valence-electron chi connectivity index (χ3n) is 4.48. The van der Waals surface area contributed by atoms with Crippen LogP contribution in [0, 0.1) is 48.4 Å². The van der Waals surface area contributed by atoms with Gasteiger partial charge in [-0.1, -0.05) is 35.8 Å². The van der Waals surface area contributed by atoms with Crippen LogP contribution in [0.1, 0.15) is 46.7 Å². The molecule has 174 valence electrons. The number of hydrogen-bond acceptors (Lipinski definition) is 5. The molecule has 0 amide bonds. The van der Waals surface area contributed by atoms with E-state index in [1.54, 1.807) is 48.8 Å². The number of rotatable bonds is 8. The summed E-state index contributed by atoms with van der Waals surface area (Å²) in [4.78, 5) is 12.9. The molecule has 0 radical (unpaired) electrons. The van der Waals surface area contributed by atoms with Gasteiger partial charge in [0.15, 0.2) is 0 Å². The zero-order valence-electron chi connectivity index (χ0n) is 19.8.